The minimum Gasteiger partial charge on any atom is -0.478 e. The maximum absolute atomic E-state index is 13.1. The lowest BCUT2D eigenvalue weighted by Crippen LogP contribution is -2.26. The van der Waals surface area contributed by atoms with Crippen LogP contribution < -0.4 is 4.74 Å². The van der Waals surface area contributed by atoms with E-state index in [-0.39, 0.29) is 28.3 Å². The summed E-state index contributed by atoms with van der Waals surface area (Å²) in [6.45, 7) is 0.0382. The molecule has 2 aromatic carbocycles. The van der Waals surface area contributed by atoms with Crippen molar-refractivity contribution in [1.82, 2.24) is 9.29 Å². The summed E-state index contributed by atoms with van der Waals surface area (Å²) in [6.07, 6.45) is 1.25. The van der Waals surface area contributed by atoms with Gasteiger partial charge in [-0.1, -0.05) is 12.1 Å². The summed E-state index contributed by atoms with van der Waals surface area (Å²) in [4.78, 5) is 15.5. The molecular formula is C22H18FN3O5S. The summed E-state index contributed by atoms with van der Waals surface area (Å²) in [5.74, 6) is -1.54. The number of nitrogens with zero attached hydrogens (tertiary/aromatic N) is 3. The molecule has 0 aliphatic heterocycles. The van der Waals surface area contributed by atoms with Crippen LogP contribution in [0.1, 0.15) is 22.8 Å². The average molecular weight is 455 g/mol. The third kappa shape index (κ3) is 5.26. The van der Waals surface area contributed by atoms with Crippen LogP contribution in [-0.2, 0) is 21.4 Å². The van der Waals surface area contributed by atoms with Crippen LogP contribution in [-0.4, -0.2) is 35.8 Å². The van der Waals surface area contributed by atoms with E-state index in [1.807, 2.05) is 6.07 Å². The molecule has 0 bridgehead atoms. The fraction of sp³-hybridized carbons (Fsp3) is 0.136. The summed E-state index contributed by atoms with van der Waals surface area (Å²) in [5, 5.41) is 18.5. The molecule has 1 aromatic heterocycles. The molecule has 1 heterocycles. The van der Waals surface area contributed by atoms with Gasteiger partial charge >= 0.3 is 5.97 Å². The van der Waals surface area contributed by atoms with Crippen LogP contribution in [0.2, 0.25) is 0 Å². The number of carbonyl (C=O) groups is 1. The van der Waals surface area contributed by atoms with Gasteiger partial charge in [-0.15, -0.1) is 0 Å². The number of aliphatic carboxylic acids is 1. The Morgan fingerprint density at radius 1 is 1.19 bits per heavy atom. The van der Waals surface area contributed by atoms with Crippen molar-refractivity contribution in [2.75, 3.05) is 7.05 Å². The number of hydrogen-bond donors (Lipinski definition) is 1. The predicted molar refractivity (Wildman–Crippen MR) is 111 cm³/mol. The Kier molecular flexibility index (Phi) is 6.82. The number of nitriles is 1. The number of ether oxygens (including phenoxy) is 1. The second-order valence-corrected chi connectivity index (χ2v) is 8.86. The predicted octanol–water partition coefficient (Wildman–Crippen LogP) is 3.12. The van der Waals surface area contributed by atoms with Crippen molar-refractivity contribution in [3.05, 3.63) is 89.5 Å². The third-order valence-electron chi connectivity index (χ3n) is 4.52. The Hall–Kier alpha value is -3.81. The number of aromatic nitrogens is 1. The molecule has 0 spiro atoms. The van der Waals surface area contributed by atoms with Crippen LogP contribution in [0.15, 0.2) is 71.9 Å². The van der Waals surface area contributed by atoms with Crippen molar-refractivity contribution in [2.24, 2.45) is 0 Å². The topological polar surface area (TPSA) is 121 Å². The van der Waals surface area contributed by atoms with Crippen molar-refractivity contribution in [3.8, 4) is 11.8 Å². The summed E-state index contributed by atoms with van der Waals surface area (Å²) in [7, 11) is -2.41. The maximum Gasteiger partial charge on any atom is 0.349 e. The van der Waals surface area contributed by atoms with Gasteiger partial charge in [-0.25, -0.2) is 17.6 Å². The van der Waals surface area contributed by atoms with Gasteiger partial charge in [-0.05, 0) is 48.0 Å². The van der Waals surface area contributed by atoms with Gasteiger partial charge in [-0.2, -0.15) is 9.57 Å². The van der Waals surface area contributed by atoms with E-state index >= 15 is 0 Å². The fourth-order valence-corrected chi connectivity index (χ4v) is 4.02. The van der Waals surface area contributed by atoms with Gasteiger partial charge in [0.15, 0.2) is 0 Å². The number of rotatable bonds is 8. The van der Waals surface area contributed by atoms with Gasteiger partial charge in [0.25, 0.3) is 0 Å². The lowest BCUT2D eigenvalue weighted by molar-refractivity contribution is -0.145. The zero-order valence-electron chi connectivity index (χ0n) is 16.8. The largest absolute Gasteiger partial charge is 0.478 e. The number of hydrogen-bond acceptors (Lipinski definition) is 6. The smallest absolute Gasteiger partial charge is 0.349 e. The quantitative estimate of drug-likeness (QED) is 0.554. The molecular weight excluding hydrogens is 437 g/mol. The first-order valence-corrected chi connectivity index (χ1v) is 10.7. The summed E-state index contributed by atoms with van der Waals surface area (Å²) < 4.78 is 45.0. The van der Waals surface area contributed by atoms with Gasteiger partial charge in [0, 0.05) is 31.5 Å². The van der Waals surface area contributed by atoms with E-state index in [4.69, 9.17) is 10.00 Å². The van der Waals surface area contributed by atoms with E-state index in [1.54, 1.807) is 12.1 Å². The third-order valence-corrected chi connectivity index (χ3v) is 6.34. The van der Waals surface area contributed by atoms with E-state index in [0.717, 1.165) is 16.4 Å². The molecule has 0 saturated heterocycles. The Labute approximate surface area is 184 Å². The summed E-state index contributed by atoms with van der Waals surface area (Å²) in [5.41, 5.74) is 1.05. The van der Waals surface area contributed by atoms with Crippen LogP contribution in [0, 0.1) is 17.1 Å². The number of benzene rings is 2. The zero-order chi connectivity index (χ0) is 23.3. The highest BCUT2D eigenvalue weighted by Gasteiger charge is 2.24. The van der Waals surface area contributed by atoms with Gasteiger partial charge in [0.1, 0.15) is 17.6 Å². The molecule has 0 amide bonds. The van der Waals surface area contributed by atoms with E-state index in [2.05, 4.69) is 4.98 Å². The second kappa shape index (κ2) is 9.55. The molecule has 3 aromatic rings. The van der Waals surface area contributed by atoms with Gasteiger partial charge in [-0.3, -0.25) is 4.98 Å². The Bertz CT molecular complexity index is 1260. The molecule has 8 nitrogen and oxygen atoms in total. The van der Waals surface area contributed by atoms with Crippen LogP contribution in [0.4, 0.5) is 4.39 Å². The lowest BCUT2D eigenvalue weighted by Gasteiger charge is -2.18. The molecule has 0 radical (unpaired) electrons. The minimum absolute atomic E-state index is 0.0288. The van der Waals surface area contributed by atoms with Gasteiger partial charge in [0.2, 0.25) is 16.1 Å². The molecule has 1 unspecified atom stereocenters. The molecule has 164 valence electrons. The highest BCUT2D eigenvalue weighted by molar-refractivity contribution is 7.89. The van der Waals surface area contributed by atoms with Crippen LogP contribution in [0.5, 0.6) is 5.75 Å². The Morgan fingerprint density at radius 3 is 2.44 bits per heavy atom. The zero-order valence-corrected chi connectivity index (χ0v) is 17.7. The molecule has 1 atom stereocenters. The minimum atomic E-state index is -3.81. The van der Waals surface area contributed by atoms with E-state index in [9.17, 15) is 22.7 Å². The molecule has 0 fully saturated rings. The molecule has 0 aliphatic rings. The van der Waals surface area contributed by atoms with Gasteiger partial charge in [0.05, 0.1) is 10.5 Å². The van der Waals surface area contributed by atoms with Crippen LogP contribution in [0.3, 0.4) is 0 Å². The van der Waals surface area contributed by atoms with E-state index in [1.165, 1.54) is 49.8 Å². The van der Waals surface area contributed by atoms with Crippen molar-refractivity contribution in [1.29, 1.82) is 5.26 Å². The number of carboxylic acid groups (broad SMARTS) is 1. The summed E-state index contributed by atoms with van der Waals surface area (Å²) >= 11 is 0. The van der Waals surface area contributed by atoms with Crippen LogP contribution in [0.25, 0.3) is 0 Å². The molecule has 10 heteroatoms. The molecule has 1 N–H and O–H groups in total. The van der Waals surface area contributed by atoms with Gasteiger partial charge < -0.3 is 9.84 Å². The molecule has 0 aliphatic carbocycles. The first kappa shape index (κ1) is 22.9. The number of carboxylic acids is 1. The normalized spacial score (nSPS) is 12.2. The Morgan fingerprint density at radius 2 is 1.84 bits per heavy atom. The number of sulfonamides is 1. The Balaban J connectivity index is 1.73. The van der Waals surface area contributed by atoms with Crippen molar-refractivity contribution in [3.63, 3.8) is 0 Å². The highest BCUT2D eigenvalue weighted by Crippen LogP contribution is 2.24. The van der Waals surface area contributed by atoms with Crippen molar-refractivity contribution < 1.29 is 27.4 Å². The fourth-order valence-electron chi connectivity index (χ4n) is 2.86. The molecule has 0 saturated carbocycles. The number of pyridine rings is 1. The first-order valence-electron chi connectivity index (χ1n) is 9.26. The van der Waals surface area contributed by atoms with E-state index < -0.39 is 27.9 Å². The van der Waals surface area contributed by atoms with Crippen LogP contribution >= 0.6 is 0 Å². The average Bonchev–Trinajstić information content (AvgIpc) is 2.78. The number of halogens is 1. The van der Waals surface area contributed by atoms with Crippen molar-refractivity contribution >= 4 is 16.0 Å². The maximum atomic E-state index is 13.1. The van der Waals surface area contributed by atoms with Crippen molar-refractivity contribution in [2.45, 2.75) is 17.5 Å². The van der Waals surface area contributed by atoms with E-state index in [0.29, 0.717) is 5.56 Å². The molecule has 3 rings (SSSR count). The highest BCUT2D eigenvalue weighted by atomic mass is 32.2. The SMILES string of the molecule is CN(Cc1ccc(OC(C(=O)O)c2cncc(C#N)c2)cc1)S(=O)(=O)c1ccc(F)cc1. The first-order chi connectivity index (χ1) is 15.2. The lowest BCUT2D eigenvalue weighted by atomic mass is 10.1. The molecule has 32 heavy (non-hydrogen) atoms. The summed E-state index contributed by atoms with van der Waals surface area (Å²) in [6, 6.07) is 14.1. The second-order valence-electron chi connectivity index (χ2n) is 6.81. The standard InChI is InChI=1S/C22H18FN3O5S/c1-26(32(29,30)20-8-4-18(23)5-9-20)14-15-2-6-19(7-3-15)31-21(22(27)28)17-10-16(11-24)12-25-13-17/h2-10,12-13,21H,14H2,1H3,(H,27,28). The monoisotopic (exact) mass is 455 g/mol.